The monoisotopic (exact) mass is 301 g/mol. The molecule has 6 nitrogen and oxygen atoms in total. The van der Waals surface area contributed by atoms with E-state index in [0.29, 0.717) is 5.56 Å². The summed E-state index contributed by atoms with van der Waals surface area (Å²) in [6.07, 6.45) is 0. The van der Waals surface area contributed by atoms with Crippen LogP contribution in [0.1, 0.15) is 22.9 Å². The van der Waals surface area contributed by atoms with Gasteiger partial charge in [0.1, 0.15) is 6.54 Å². The number of carbonyl (C=O) groups excluding carboxylic acids is 1. The van der Waals surface area contributed by atoms with E-state index < -0.39 is 11.9 Å². The van der Waals surface area contributed by atoms with Crippen LogP contribution >= 0.6 is 0 Å². The van der Waals surface area contributed by atoms with Crippen molar-refractivity contribution < 1.29 is 14.7 Å². The second-order valence-corrected chi connectivity index (χ2v) is 5.19. The molecule has 6 heteroatoms. The second kappa shape index (κ2) is 6.89. The summed E-state index contributed by atoms with van der Waals surface area (Å²) in [5, 5.41) is 16.2. The van der Waals surface area contributed by atoms with Crippen molar-refractivity contribution in [3.63, 3.8) is 0 Å². The second-order valence-electron chi connectivity index (χ2n) is 5.19. The van der Waals surface area contributed by atoms with Gasteiger partial charge in [0, 0.05) is 12.2 Å². The molecule has 0 bridgehead atoms. The van der Waals surface area contributed by atoms with Crippen LogP contribution in [0.25, 0.3) is 0 Å². The standard InChI is InChI=1S/C16H19N3O3/c1-11-8-12(2)19(18-11)10-15(20)17-9-14(16(21)22)13-6-4-3-5-7-13/h3-8,14H,9-10H2,1-2H3,(H,17,20)(H,21,22). The number of rotatable bonds is 6. The summed E-state index contributed by atoms with van der Waals surface area (Å²) < 4.78 is 1.60. The molecule has 1 aromatic carbocycles. The Kier molecular flexibility index (Phi) is 4.93. The number of aryl methyl sites for hydroxylation is 2. The molecule has 0 aliphatic carbocycles. The molecular formula is C16H19N3O3. The van der Waals surface area contributed by atoms with Gasteiger partial charge in [-0.15, -0.1) is 0 Å². The molecule has 0 spiro atoms. The molecule has 2 aromatic rings. The molecule has 0 fully saturated rings. The summed E-state index contributed by atoms with van der Waals surface area (Å²) in [4.78, 5) is 23.3. The van der Waals surface area contributed by atoms with E-state index in [1.165, 1.54) is 0 Å². The number of aliphatic carboxylic acids is 1. The summed E-state index contributed by atoms with van der Waals surface area (Å²) in [5.74, 6) is -1.98. The van der Waals surface area contributed by atoms with Crippen molar-refractivity contribution in [3.8, 4) is 0 Å². The Bertz CT molecular complexity index is 665. The van der Waals surface area contributed by atoms with Gasteiger partial charge in [0.15, 0.2) is 0 Å². The molecule has 2 N–H and O–H groups in total. The Morgan fingerprint density at radius 3 is 2.50 bits per heavy atom. The molecule has 22 heavy (non-hydrogen) atoms. The number of nitrogens with one attached hydrogen (secondary N) is 1. The number of nitrogens with zero attached hydrogens (tertiary/aromatic N) is 2. The lowest BCUT2D eigenvalue weighted by atomic mass is 9.99. The summed E-state index contributed by atoms with van der Waals surface area (Å²) in [6, 6.07) is 10.8. The zero-order valence-corrected chi connectivity index (χ0v) is 12.6. The molecule has 0 radical (unpaired) electrons. The van der Waals surface area contributed by atoms with Gasteiger partial charge in [-0.1, -0.05) is 30.3 Å². The largest absolute Gasteiger partial charge is 0.481 e. The summed E-state index contributed by atoms with van der Waals surface area (Å²) in [6.45, 7) is 3.87. The van der Waals surface area contributed by atoms with Crippen molar-refractivity contribution in [2.75, 3.05) is 6.54 Å². The van der Waals surface area contributed by atoms with Crippen molar-refractivity contribution in [2.45, 2.75) is 26.3 Å². The normalized spacial score (nSPS) is 11.9. The Hall–Kier alpha value is -2.63. The molecular weight excluding hydrogens is 282 g/mol. The lowest BCUT2D eigenvalue weighted by molar-refractivity contribution is -0.138. The van der Waals surface area contributed by atoms with Crippen molar-refractivity contribution in [2.24, 2.45) is 0 Å². The predicted octanol–water partition coefficient (Wildman–Crippen LogP) is 1.48. The molecule has 1 heterocycles. The van der Waals surface area contributed by atoms with Crippen molar-refractivity contribution >= 4 is 11.9 Å². The Labute approximate surface area is 128 Å². The van der Waals surface area contributed by atoms with Gasteiger partial charge in [0.2, 0.25) is 5.91 Å². The average Bonchev–Trinajstić information content (AvgIpc) is 2.77. The SMILES string of the molecule is Cc1cc(C)n(CC(=O)NCC(C(=O)O)c2ccccc2)n1. The third-order valence-electron chi connectivity index (χ3n) is 3.40. The van der Waals surface area contributed by atoms with Gasteiger partial charge >= 0.3 is 5.97 Å². The smallest absolute Gasteiger partial charge is 0.312 e. The maximum absolute atomic E-state index is 12.0. The van der Waals surface area contributed by atoms with E-state index in [1.807, 2.05) is 26.0 Å². The molecule has 1 unspecified atom stereocenters. The van der Waals surface area contributed by atoms with Crippen LogP contribution in [-0.4, -0.2) is 33.3 Å². The molecule has 0 saturated carbocycles. The molecule has 0 aliphatic heterocycles. The topological polar surface area (TPSA) is 84.2 Å². The first-order valence-electron chi connectivity index (χ1n) is 7.03. The van der Waals surface area contributed by atoms with Gasteiger partial charge in [-0.05, 0) is 25.5 Å². The van der Waals surface area contributed by atoms with Crippen molar-refractivity contribution in [1.29, 1.82) is 0 Å². The number of carboxylic acids is 1. The zero-order valence-electron chi connectivity index (χ0n) is 12.6. The van der Waals surface area contributed by atoms with Crippen LogP contribution in [0.2, 0.25) is 0 Å². The molecule has 116 valence electrons. The Morgan fingerprint density at radius 2 is 1.95 bits per heavy atom. The quantitative estimate of drug-likeness (QED) is 0.846. The van der Waals surface area contributed by atoms with Crippen molar-refractivity contribution in [1.82, 2.24) is 15.1 Å². The van der Waals surface area contributed by atoms with E-state index in [1.54, 1.807) is 28.9 Å². The number of carbonyl (C=O) groups is 2. The molecule has 2 rings (SSSR count). The first-order valence-corrected chi connectivity index (χ1v) is 7.03. The fraction of sp³-hybridized carbons (Fsp3) is 0.312. The highest BCUT2D eigenvalue weighted by Gasteiger charge is 2.20. The number of hydrogen-bond acceptors (Lipinski definition) is 3. The highest BCUT2D eigenvalue weighted by molar-refractivity contribution is 5.79. The number of aromatic nitrogens is 2. The summed E-state index contributed by atoms with van der Waals surface area (Å²) in [7, 11) is 0. The minimum atomic E-state index is -0.961. The zero-order chi connectivity index (χ0) is 16.1. The van der Waals surface area contributed by atoms with Gasteiger partial charge in [0.05, 0.1) is 11.6 Å². The van der Waals surface area contributed by atoms with E-state index in [9.17, 15) is 14.7 Å². The third-order valence-corrected chi connectivity index (χ3v) is 3.40. The maximum atomic E-state index is 12.0. The average molecular weight is 301 g/mol. The molecule has 1 atom stereocenters. The van der Waals surface area contributed by atoms with Crippen LogP contribution in [0.4, 0.5) is 0 Å². The lowest BCUT2D eigenvalue weighted by Gasteiger charge is -2.14. The van der Waals surface area contributed by atoms with Crippen LogP contribution in [0.15, 0.2) is 36.4 Å². The Balaban J connectivity index is 1.96. The summed E-state index contributed by atoms with van der Waals surface area (Å²) in [5.41, 5.74) is 2.41. The minimum absolute atomic E-state index is 0.0531. The molecule has 1 amide bonds. The van der Waals surface area contributed by atoms with E-state index >= 15 is 0 Å². The van der Waals surface area contributed by atoms with Gasteiger partial charge in [0.25, 0.3) is 0 Å². The van der Waals surface area contributed by atoms with Crippen LogP contribution in [-0.2, 0) is 16.1 Å². The van der Waals surface area contributed by atoms with E-state index in [2.05, 4.69) is 10.4 Å². The number of benzene rings is 1. The van der Waals surface area contributed by atoms with E-state index in [4.69, 9.17) is 0 Å². The first kappa shape index (κ1) is 15.8. The van der Waals surface area contributed by atoms with Crippen LogP contribution in [0.5, 0.6) is 0 Å². The van der Waals surface area contributed by atoms with Gasteiger partial charge in [-0.3, -0.25) is 14.3 Å². The van der Waals surface area contributed by atoms with Crippen LogP contribution in [0.3, 0.4) is 0 Å². The number of carboxylic acid groups (broad SMARTS) is 1. The number of amides is 1. The van der Waals surface area contributed by atoms with Crippen LogP contribution < -0.4 is 5.32 Å². The van der Waals surface area contributed by atoms with Gasteiger partial charge in [-0.25, -0.2) is 0 Å². The Morgan fingerprint density at radius 1 is 1.27 bits per heavy atom. The first-order chi connectivity index (χ1) is 10.5. The highest BCUT2D eigenvalue weighted by Crippen LogP contribution is 2.14. The van der Waals surface area contributed by atoms with Gasteiger partial charge < -0.3 is 10.4 Å². The fourth-order valence-electron chi connectivity index (χ4n) is 2.28. The molecule has 0 saturated heterocycles. The van der Waals surface area contributed by atoms with Crippen LogP contribution in [0, 0.1) is 13.8 Å². The lowest BCUT2D eigenvalue weighted by Crippen LogP contribution is -2.34. The third kappa shape index (κ3) is 3.94. The highest BCUT2D eigenvalue weighted by atomic mass is 16.4. The van der Waals surface area contributed by atoms with Crippen molar-refractivity contribution in [3.05, 3.63) is 53.3 Å². The fourth-order valence-corrected chi connectivity index (χ4v) is 2.28. The molecule has 0 aliphatic rings. The minimum Gasteiger partial charge on any atom is -0.481 e. The molecule has 1 aromatic heterocycles. The van der Waals surface area contributed by atoms with Gasteiger partial charge in [-0.2, -0.15) is 5.10 Å². The maximum Gasteiger partial charge on any atom is 0.312 e. The predicted molar refractivity (Wildman–Crippen MR) is 81.5 cm³/mol. The number of hydrogen-bond donors (Lipinski definition) is 2. The van der Waals surface area contributed by atoms with E-state index in [-0.39, 0.29) is 19.0 Å². The van der Waals surface area contributed by atoms with E-state index in [0.717, 1.165) is 11.4 Å². The summed E-state index contributed by atoms with van der Waals surface area (Å²) >= 11 is 0.